The van der Waals surface area contributed by atoms with Gasteiger partial charge in [-0.3, -0.25) is 9.59 Å². The number of nitrogens with one attached hydrogen (secondary N) is 2. The van der Waals surface area contributed by atoms with Crippen LogP contribution in [0.1, 0.15) is 0 Å². The summed E-state index contributed by atoms with van der Waals surface area (Å²) < 4.78 is 0. The normalized spacial score (nSPS) is 10.1. The Balaban J connectivity index is 1.99. The molecular formula is C16H15Cl2N3O2. The smallest absolute Gasteiger partial charge is 0.314 e. The molecule has 23 heavy (non-hydrogen) atoms. The molecule has 0 aliphatic carbocycles. The van der Waals surface area contributed by atoms with Crippen LogP contribution in [-0.4, -0.2) is 25.9 Å². The van der Waals surface area contributed by atoms with Gasteiger partial charge in [0, 0.05) is 31.2 Å². The summed E-state index contributed by atoms with van der Waals surface area (Å²) in [6.07, 6.45) is 0. The molecule has 0 unspecified atom stereocenters. The van der Waals surface area contributed by atoms with Gasteiger partial charge in [0.05, 0.1) is 10.0 Å². The minimum Gasteiger partial charge on any atom is -0.378 e. The van der Waals surface area contributed by atoms with Crippen LogP contribution in [0.15, 0.2) is 42.5 Å². The third kappa shape index (κ3) is 4.61. The number of halogens is 2. The van der Waals surface area contributed by atoms with Crippen molar-refractivity contribution in [3.8, 4) is 0 Å². The first-order valence-electron chi connectivity index (χ1n) is 6.71. The monoisotopic (exact) mass is 351 g/mol. The van der Waals surface area contributed by atoms with Crippen molar-refractivity contribution in [2.45, 2.75) is 0 Å². The number of nitrogens with zero attached hydrogens (tertiary/aromatic N) is 1. The molecule has 0 spiro atoms. The highest BCUT2D eigenvalue weighted by Crippen LogP contribution is 2.25. The van der Waals surface area contributed by atoms with Crippen LogP contribution in [0.2, 0.25) is 10.0 Å². The average Bonchev–Trinajstić information content (AvgIpc) is 2.51. The minimum absolute atomic E-state index is 0.296. The van der Waals surface area contributed by atoms with Crippen LogP contribution in [0.5, 0.6) is 0 Å². The zero-order valence-electron chi connectivity index (χ0n) is 12.6. The molecule has 0 aliphatic rings. The first kappa shape index (κ1) is 17.1. The van der Waals surface area contributed by atoms with Crippen LogP contribution in [0.25, 0.3) is 0 Å². The molecule has 2 rings (SSSR count). The lowest BCUT2D eigenvalue weighted by molar-refractivity contribution is -0.132. The molecule has 0 atom stereocenters. The zero-order chi connectivity index (χ0) is 17.0. The predicted molar refractivity (Wildman–Crippen MR) is 94.5 cm³/mol. The maximum Gasteiger partial charge on any atom is 0.314 e. The van der Waals surface area contributed by atoms with Crippen molar-refractivity contribution in [3.05, 3.63) is 52.5 Å². The average molecular weight is 352 g/mol. The van der Waals surface area contributed by atoms with Crippen LogP contribution in [0.3, 0.4) is 0 Å². The molecule has 2 aromatic carbocycles. The van der Waals surface area contributed by atoms with Gasteiger partial charge in [-0.15, -0.1) is 0 Å². The molecule has 2 amide bonds. The highest BCUT2D eigenvalue weighted by Gasteiger charge is 2.14. The Hall–Kier alpha value is -2.24. The van der Waals surface area contributed by atoms with Gasteiger partial charge in [-0.05, 0) is 42.5 Å². The van der Waals surface area contributed by atoms with Gasteiger partial charge in [0.15, 0.2) is 0 Å². The summed E-state index contributed by atoms with van der Waals surface area (Å²) in [5, 5.41) is 5.65. The zero-order valence-corrected chi connectivity index (χ0v) is 14.1. The molecule has 120 valence electrons. The molecule has 0 bridgehead atoms. The molecule has 0 fully saturated rings. The summed E-state index contributed by atoms with van der Waals surface area (Å²) in [5.41, 5.74) is 1.91. The molecule has 0 aliphatic heterocycles. The van der Waals surface area contributed by atoms with Gasteiger partial charge in [-0.1, -0.05) is 23.2 Å². The summed E-state index contributed by atoms with van der Waals surface area (Å²) >= 11 is 11.7. The van der Waals surface area contributed by atoms with E-state index in [0.29, 0.717) is 21.4 Å². The molecule has 0 saturated heterocycles. The first-order chi connectivity index (χ1) is 10.9. The molecule has 2 aromatic rings. The lowest BCUT2D eigenvalue weighted by atomic mass is 10.2. The lowest BCUT2D eigenvalue weighted by Crippen LogP contribution is -2.29. The van der Waals surface area contributed by atoms with Crippen molar-refractivity contribution in [2.24, 2.45) is 0 Å². The number of carbonyl (C=O) groups is 2. The molecule has 0 radical (unpaired) electrons. The van der Waals surface area contributed by atoms with Gasteiger partial charge in [0.1, 0.15) is 0 Å². The maximum absolute atomic E-state index is 11.9. The summed E-state index contributed by atoms with van der Waals surface area (Å²) in [4.78, 5) is 25.7. The van der Waals surface area contributed by atoms with E-state index in [1.54, 1.807) is 18.2 Å². The Kier molecular flexibility index (Phi) is 5.47. The lowest BCUT2D eigenvalue weighted by Gasteiger charge is -2.13. The van der Waals surface area contributed by atoms with Crippen LogP contribution >= 0.6 is 23.2 Å². The topological polar surface area (TPSA) is 61.4 Å². The number of amides is 2. The second-order valence-electron chi connectivity index (χ2n) is 4.98. The Morgan fingerprint density at radius 1 is 0.826 bits per heavy atom. The summed E-state index contributed by atoms with van der Waals surface area (Å²) in [7, 11) is 3.83. The van der Waals surface area contributed by atoms with Crippen molar-refractivity contribution < 1.29 is 9.59 Å². The summed E-state index contributed by atoms with van der Waals surface area (Å²) in [6, 6.07) is 11.7. The fourth-order valence-corrected chi connectivity index (χ4v) is 2.09. The van der Waals surface area contributed by atoms with E-state index < -0.39 is 11.8 Å². The van der Waals surface area contributed by atoms with E-state index in [-0.39, 0.29) is 0 Å². The molecule has 5 nitrogen and oxygen atoms in total. The van der Waals surface area contributed by atoms with E-state index in [1.807, 2.05) is 31.1 Å². The van der Waals surface area contributed by atoms with Crippen molar-refractivity contribution in [3.63, 3.8) is 0 Å². The van der Waals surface area contributed by atoms with Crippen LogP contribution in [0.4, 0.5) is 17.1 Å². The van der Waals surface area contributed by atoms with Crippen molar-refractivity contribution >= 4 is 52.1 Å². The Morgan fingerprint density at radius 3 is 1.87 bits per heavy atom. The minimum atomic E-state index is -0.792. The fourth-order valence-electron chi connectivity index (χ4n) is 1.79. The number of rotatable bonds is 3. The van der Waals surface area contributed by atoms with Gasteiger partial charge in [-0.25, -0.2) is 0 Å². The van der Waals surface area contributed by atoms with Gasteiger partial charge < -0.3 is 15.5 Å². The highest BCUT2D eigenvalue weighted by molar-refractivity contribution is 6.44. The summed E-state index contributed by atoms with van der Waals surface area (Å²) in [5.74, 6) is -1.56. The van der Waals surface area contributed by atoms with Crippen molar-refractivity contribution in [2.75, 3.05) is 29.6 Å². The van der Waals surface area contributed by atoms with E-state index in [1.165, 1.54) is 12.1 Å². The van der Waals surface area contributed by atoms with E-state index in [4.69, 9.17) is 23.2 Å². The quantitative estimate of drug-likeness (QED) is 0.830. The number of hydrogen-bond acceptors (Lipinski definition) is 3. The predicted octanol–water partition coefficient (Wildman–Crippen LogP) is 3.64. The molecule has 0 saturated carbocycles. The third-order valence-corrected chi connectivity index (χ3v) is 3.76. The molecule has 7 heteroatoms. The fraction of sp³-hybridized carbons (Fsp3) is 0.125. The molecular weight excluding hydrogens is 337 g/mol. The van der Waals surface area contributed by atoms with E-state index >= 15 is 0 Å². The van der Waals surface area contributed by atoms with Crippen LogP contribution < -0.4 is 15.5 Å². The second-order valence-corrected chi connectivity index (χ2v) is 5.79. The number of benzene rings is 2. The number of anilines is 3. The Morgan fingerprint density at radius 2 is 1.35 bits per heavy atom. The van der Waals surface area contributed by atoms with Crippen molar-refractivity contribution in [1.29, 1.82) is 0 Å². The number of hydrogen-bond donors (Lipinski definition) is 2. The van der Waals surface area contributed by atoms with E-state index in [0.717, 1.165) is 5.69 Å². The van der Waals surface area contributed by atoms with E-state index in [9.17, 15) is 9.59 Å². The van der Waals surface area contributed by atoms with E-state index in [2.05, 4.69) is 10.6 Å². The van der Waals surface area contributed by atoms with Crippen molar-refractivity contribution in [1.82, 2.24) is 0 Å². The van der Waals surface area contributed by atoms with Gasteiger partial charge in [-0.2, -0.15) is 0 Å². The summed E-state index contributed by atoms with van der Waals surface area (Å²) in [6.45, 7) is 0. The number of carbonyl (C=O) groups excluding carboxylic acids is 2. The SMILES string of the molecule is CN(C)c1ccc(NC(=O)C(=O)Nc2ccc(Cl)c(Cl)c2)cc1. The standard InChI is InChI=1S/C16H15Cl2N3O2/c1-21(2)12-6-3-10(4-7-12)19-15(22)16(23)20-11-5-8-13(17)14(18)9-11/h3-9H,1-2H3,(H,19,22)(H,20,23). The van der Waals surface area contributed by atoms with Crippen LogP contribution in [-0.2, 0) is 9.59 Å². The van der Waals surface area contributed by atoms with Gasteiger partial charge >= 0.3 is 11.8 Å². The maximum atomic E-state index is 11.9. The second kappa shape index (κ2) is 7.35. The molecule has 0 heterocycles. The third-order valence-electron chi connectivity index (χ3n) is 3.03. The highest BCUT2D eigenvalue weighted by atomic mass is 35.5. The van der Waals surface area contributed by atoms with Gasteiger partial charge in [0.25, 0.3) is 0 Å². The molecule has 0 aromatic heterocycles. The Bertz CT molecular complexity index is 731. The first-order valence-corrected chi connectivity index (χ1v) is 7.47. The largest absolute Gasteiger partial charge is 0.378 e. The van der Waals surface area contributed by atoms with Gasteiger partial charge in [0.2, 0.25) is 0 Å². The van der Waals surface area contributed by atoms with Crippen LogP contribution in [0, 0.1) is 0 Å². The Labute approximate surface area is 144 Å². The molecule has 2 N–H and O–H groups in total.